The number of imide groups is 1. The Hall–Kier alpha value is -2.75. The molecule has 0 aliphatic carbocycles. The highest BCUT2D eigenvalue weighted by molar-refractivity contribution is 7.89. The first-order chi connectivity index (χ1) is 14.3. The molecule has 0 unspecified atom stereocenters. The van der Waals surface area contributed by atoms with Crippen molar-refractivity contribution in [2.45, 2.75) is 17.7 Å². The molecule has 0 spiro atoms. The average molecular weight is 448 g/mol. The van der Waals surface area contributed by atoms with E-state index in [1.165, 1.54) is 40.7 Å². The Bertz CT molecular complexity index is 1150. The summed E-state index contributed by atoms with van der Waals surface area (Å²) in [6.07, 6.45) is 1.09. The lowest BCUT2D eigenvalue weighted by Gasteiger charge is -2.31. The molecule has 2 aromatic carbocycles. The minimum absolute atomic E-state index is 0.0563. The second-order valence-corrected chi connectivity index (χ2v) is 9.56. The van der Waals surface area contributed by atoms with Crippen LogP contribution in [0.25, 0.3) is 0 Å². The fourth-order valence-corrected chi connectivity index (χ4v) is 5.27. The first-order valence-electron chi connectivity index (χ1n) is 9.32. The highest BCUT2D eigenvalue weighted by atomic mass is 35.5. The van der Waals surface area contributed by atoms with Gasteiger partial charge in [-0.3, -0.25) is 19.7 Å². The Labute approximate surface area is 178 Å². The summed E-state index contributed by atoms with van der Waals surface area (Å²) in [6.45, 7) is 0.385. The Morgan fingerprint density at radius 3 is 2.50 bits per heavy atom. The third-order valence-corrected chi connectivity index (χ3v) is 7.34. The van der Waals surface area contributed by atoms with Crippen molar-refractivity contribution in [1.29, 1.82) is 0 Å². The van der Waals surface area contributed by atoms with Gasteiger partial charge in [-0.25, -0.2) is 8.42 Å². The number of amides is 3. The van der Waals surface area contributed by atoms with E-state index in [1.807, 2.05) is 0 Å². The summed E-state index contributed by atoms with van der Waals surface area (Å²) in [7, 11) is -3.74. The minimum Gasteiger partial charge on any atom is -0.326 e. The van der Waals surface area contributed by atoms with E-state index in [0.717, 1.165) is 0 Å². The molecule has 2 N–H and O–H groups in total. The van der Waals surface area contributed by atoms with Crippen LogP contribution >= 0.6 is 11.6 Å². The number of hydrogen-bond acceptors (Lipinski definition) is 5. The molecule has 2 heterocycles. The zero-order valence-electron chi connectivity index (χ0n) is 15.7. The predicted molar refractivity (Wildman–Crippen MR) is 110 cm³/mol. The van der Waals surface area contributed by atoms with Crippen molar-refractivity contribution in [1.82, 2.24) is 9.62 Å². The SMILES string of the molecule is O=C1NC(=O)c2cc(NC(=O)[C@@H]3CCCN(S(=O)(=O)c4ccc(Cl)cc4)C3)ccc21. The van der Waals surface area contributed by atoms with Gasteiger partial charge in [-0.1, -0.05) is 11.6 Å². The summed E-state index contributed by atoms with van der Waals surface area (Å²) in [5, 5.41) is 5.36. The van der Waals surface area contributed by atoms with Gasteiger partial charge in [0.1, 0.15) is 0 Å². The van der Waals surface area contributed by atoms with Gasteiger partial charge < -0.3 is 5.32 Å². The number of rotatable bonds is 4. The molecule has 8 nitrogen and oxygen atoms in total. The minimum atomic E-state index is -3.74. The van der Waals surface area contributed by atoms with E-state index in [0.29, 0.717) is 30.1 Å². The van der Waals surface area contributed by atoms with Crippen molar-refractivity contribution in [3.8, 4) is 0 Å². The van der Waals surface area contributed by atoms with E-state index in [4.69, 9.17) is 11.6 Å². The molecule has 0 bridgehead atoms. The molecule has 10 heteroatoms. The molecule has 1 atom stereocenters. The third kappa shape index (κ3) is 3.83. The summed E-state index contributed by atoms with van der Waals surface area (Å²) in [6, 6.07) is 10.4. The van der Waals surface area contributed by atoms with Gasteiger partial charge in [-0.05, 0) is 55.3 Å². The van der Waals surface area contributed by atoms with Crippen LogP contribution in [0.5, 0.6) is 0 Å². The van der Waals surface area contributed by atoms with E-state index >= 15 is 0 Å². The van der Waals surface area contributed by atoms with E-state index in [9.17, 15) is 22.8 Å². The van der Waals surface area contributed by atoms with Crippen molar-refractivity contribution in [2.75, 3.05) is 18.4 Å². The Morgan fingerprint density at radius 1 is 1.07 bits per heavy atom. The first-order valence-corrected chi connectivity index (χ1v) is 11.1. The number of nitrogens with one attached hydrogen (secondary N) is 2. The van der Waals surface area contributed by atoms with Crippen molar-refractivity contribution >= 4 is 45.0 Å². The molecule has 2 aliphatic rings. The van der Waals surface area contributed by atoms with E-state index in [2.05, 4.69) is 10.6 Å². The van der Waals surface area contributed by atoms with Gasteiger partial charge in [0.15, 0.2) is 0 Å². The van der Waals surface area contributed by atoms with Crippen LogP contribution in [0.4, 0.5) is 5.69 Å². The molecule has 2 aromatic rings. The van der Waals surface area contributed by atoms with Gasteiger partial charge in [-0.2, -0.15) is 4.31 Å². The predicted octanol–water partition coefficient (Wildman–Crippen LogP) is 2.26. The number of halogens is 1. The molecule has 0 radical (unpaired) electrons. The number of carbonyl (C=O) groups excluding carboxylic acids is 3. The molecule has 2 aliphatic heterocycles. The van der Waals surface area contributed by atoms with Gasteiger partial charge in [0.05, 0.1) is 21.9 Å². The second kappa shape index (κ2) is 7.82. The lowest BCUT2D eigenvalue weighted by molar-refractivity contribution is -0.120. The standard InChI is InChI=1S/C20H18ClN3O5S/c21-13-3-6-15(7-4-13)30(28,29)24-9-1-2-12(11-24)18(25)22-14-5-8-16-17(10-14)20(27)23-19(16)26/h3-8,10,12H,1-2,9,11H2,(H,22,25)(H,23,26,27)/t12-/m1/s1. The maximum atomic E-state index is 12.9. The van der Waals surface area contributed by atoms with Gasteiger partial charge in [0.2, 0.25) is 15.9 Å². The van der Waals surface area contributed by atoms with Crippen LogP contribution in [0.15, 0.2) is 47.4 Å². The molecule has 0 saturated carbocycles. The van der Waals surface area contributed by atoms with E-state index in [1.54, 1.807) is 6.07 Å². The average Bonchev–Trinajstić information content (AvgIpc) is 3.01. The van der Waals surface area contributed by atoms with Crippen molar-refractivity contribution in [2.24, 2.45) is 5.92 Å². The molecule has 4 rings (SSSR count). The van der Waals surface area contributed by atoms with Gasteiger partial charge in [0, 0.05) is 23.8 Å². The number of piperidine rings is 1. The Kier molecular flexibility index (Phi) is 5.35. The third-order valence-electron chi connectivity index (χ3n) is 5.21. The lowest BCUT2D eigenvalue weighted by atomic mass is 9.98. The number of fused-ring (bicyclic) bond motifs is 1. The number of hydrogen-bond donors (Lipinski definition) is 2. The monoisotopic (exact) mass is 447 g/mol. The summed E-state index contributed by atoms with van der Waals surface area (Å²) in [5.41, 5.74) is 0.838. The second-order valence-electron chi connectivity index (χ2n) is 7.19. The normalized spacial score (nSPS) is 19.3. The molecule has 1 saturated heterocycles. The van der Waals surface area contributed by atoms with Gasteiger partial charge in [-0.15, -0.1) is 0 Å². The number of nitrogens with zero attached hydrogens (tertiary/aromatic N) is 1. The summed E-state index contributed by atoms with van der Waals surface area (Å²) in [5.74, 6) is -1.85. The molecular formula is C20H18ClN3O5S. The van der Waals surface area contributed by atoms with Crippen LogP contribution in [0.1, 0.15) is 33.6 Å². The largest absolute Gasteiger partial charge is 0.326 e. The summed E-state index contributed by atoms with van der Waals surface area (Å²) < 4.78 is 27.1. The van der Waals surface area contributed by atoms with E-state index in [-0.39, 0.29) is 28.5 Å². The fourth-order valence-electron chi connectivity index (χ4n) is 3.62. The quantitative estimate of drug-likeness (QED) is 0.698. The van der Waals surface area contributed by atoms with E-state index < -0.39 is 27.8 Å². The molecule has 30 heavy (non-hydrogen) atoms. The highest BCUT2D eigenvalue weighted by Gasteiger charge is 2.34. The first kappa shape index (κ1) is 20.5. The lowest BCUT2D eigenvalue weighted by Crippen LogP contribution is -2.43. The summed E-state index contributed by atoms with van der Waals surface area (Å²) >= 11 is 5.84. The molecule has 156 valence electrons. The maximum Gasteiger partial charge on any atom is 0.259 e. The summed E-state index contributed by atoms with van der Waals surface area (Å²) in [4.78, 5) is 36.3. The topological polar surface area (TPSA) is 113 Å². The smallest absolute Gasteiger partial charge is 0.259 e. The zero-order valence-corrected chi connectivity index (χ0v) is 17.3. The Balaban J connectivity index is 1.48. The van der Waals surface area contributed by atoms with Crippen molar-refractivity contribution in [3.63, 3.8) is 0 Å². The van der Waals surface area contributed by atoms with Crippen LogP contribution < -0.4 is 10.6 Å². The van der Waals surface area contributed by atoms with Crippen LogP contribution in [-0.4, -0.2) is 43.5 Å². The number of anilines is 1. The van der Waals surface area contributed by atoms with Crippen molar-refractivity contribution in [3.05, 3.63) is 58.6 Å². The highest BCUT2D eigenvalue weighted by Crippen LogP contribution is 2.26. The van der Waals surface area contributed by atoms with Crippen LogP contribution in [0.2, 0.25) is 5.02 Å². The zero-order chi connectivity index (χ0) is 21.5. The molecule has 3 amide bonds. The molecule has 1 fully saturated rings. The maximum absolute atomic E-state index is 12.9. The van der Waals surface area contributed by atoms with Gasteiger partial charge in [0.25, 0.3) is 11.8 Å². The van der Waals surface area contributed by atoms with Crippen LogP contribution in [0.3, 0.4) is 0 Å². The van der Waals surface area contributed by atoms with Crippen LogP contribution in [0, 0.1) is 5.92 Å². The van der Waals surface area contributed by atoms with Gasteiger partial charge >= 0.3 is 0 Å². The number of sulfonamides is 1. The molecular weight excluding hydrogens is 430 g/mol. The van der Waals surface area contributed by atoms with Crippen LogP contribution in [-0.2, 0) is 14.8 Å². The number of benzene rings is 2. The Morgan fingerprint density at radius 2 is 1.77 bits per heavy atom. The number of carbonyl (C=O) groups is 3. The fraction of sp³-hybridized carbons (Fsp3) is 0.250. The van der Waals surface area contributed by atoms with Crippen molar-refractivity contribution < 1.29 is 22.8 Å². The molecule has 0 aromatic heterocycles.